The van der Waals surface area contributed by atoms with E-state index >= 15 is 0 Å². The van der Waals surface area contributed by atoms with Crippen molar-refractivity contribution in [2.45, 2.75) is 40.2 Å². The third-order valence-corrected chi connectivity index (χ3v) is 2.73. The molecule has 0 aromatic rings. The summed E-state index contributed by atoms with van der Waals surface area (Å²) in [5, 5.41) is 12.0. The minimum Gasteiger partial charge on any atom is -0.381 e. The van der Waals surface area contributed by atoms with Crippen LogP contribution in [0, 0.1) is 22.0 Å². The summed E-state index contributed by atoms with van der Waals surface area (Å²) in [7, 11) is 0. The molecule has 19 heavy (non-hydrogen) atoms. The van der Waals surface area contributed by atoms with Gasteiger partial charge in [-0.1, -0.05) is 20.8 Å². The van der Waals surface area contributed by atoms with Gasteiger partial charge in [-0.25, -0.2) is 0 Å². The lowest BCUT2D eigenvalue weighted by atomic mass is 10.1. The molecular formula is C12H24N2O5. The maximum atomic E-state index is 11.5. The predicted molar refractivity (Wildman–Crippen MR) is 70.0 cm³/mol. The molecule has 2 unspecified atom stereocenters. The Morgan fingerprint density at radius 1 is 1.26 bits per heavy atom. The lowest BCUT2D eigenvalue weighted by Gasteiger charge is -2.17. The van der Waals surface area contributed by atoms with Gasteiger partial charge >= 0.3 is 0 Å². The van der Waals surface area contributed by atoms with Crippen molar-refractivity contribution in [3.05, 3.63) is 10.1 Å². The minimum absolute atomic E-state index is 0.00355. The Hall–Kier alpha value is -1.37. The van der Waals surface area contributed by atoms with Gasteiger partial charge in [0, 0.05) is 18.4 Å². The maximum absolute atomic E-state index is 11.5. The van der Waals surface area contributed by atoms with Crippen LogP contribution in [0.5, 0.6) is 0 Å². The molecule has 0 aliphatic rings. The van der Waals surface area contributed by atoms with Crippen LogP contribution in [0.4, 0.5) is 0 Å². The molecule has 0 bridgehead atoms. The van der Waals surface area contributed by atoms with Crippen molar-refractivity contribution in [2.24, 2.45) is 11.8 Å². The van der Waals surface area contributed by atoms with Crippen molar-refractivity contribution in [1.82, 2.24) is 5.32 Å². The number of hydrogen-bond donors (Lipinski definition) is 1. The van der Waals surface area contributed by atoms with Gasteiger partial charge in [0.2, 0.25) is 5.91 Å². The number of carbonyl (C=O) groups excluding carboxylic acids is 1. The molecule has 0 aliphatic heterocycles. The predicted octanol–water partition coefficient (Wildman–Crippen LogP) is 1.40. The molecule has 2 atom stereocenters. The molecule has 0 saturated carbocycles. The second-order valence-corrected chi connectivity index (χ2v) is 5.05. The zero-order chi connectivity index (χ0) is 14.8. The van der Waals surface area contributed by atoms with Crippen molar-refractivity contribution >= 4 is 5.91 Å². The molecule has 0 rings (SSSR count). The third-order valence-electron chi connectivity index (χ3n) is 2.73. The molecule has 7 heteroatoms. The molecule has 0 fully saturated rings. The quantitative estimate of drug-likeness (QED) is 0.370. The number of amides is 1. The number of ether oxygens (including phenoxy) is 1. The standard InChI is InChI=1S/C12H24N2O5/c1-9(2)11(4)13-12(15)5-6-18-7-10(3)8-19-14(16)17/h9-11H,5-8H2,1-4H3,(H,13,15). The zero-order valence-corrected chi connectivity index (χ0v) is 12.0. The van der Waals surface area contributed by atoms with Gasteiger partial charge in [0.15, 0.2) is 0 Å². The number of rotatable bonds is 10. The minimum atomic E-state index is -0.822. The first-order valence-corrected chi connectivity index (χ1v) is 6.47. The van der Waals surface area contributed by atoms with E-state index in [1.807, 2.05) is 20.8 Å². The molecule has 7 nitrogen and oxygen atoms in total. The van der Waals surface area contributed by atoms with E-state index in [-0.39, 0.29) is 24.5 Å². The summed E-state index contributed by atoms with van der Waals surface area (Å²) in [6.45, 7) is 8.46. The third kappa shape index (κ3) is 10.3. The second-order valence-electron chi connectivity index (χ2n) is 5.05. The Bertz CT molecular complexity index is 283. The summed E-state index contributed by atoms with van der Waals surface area (Å²) in [5.41, 5.74) is 0. The Morgan fingerprint density at radius 2 is 1.89 bits per heavy atom. The summed E-state index contributed by atoms with van der Waals surface area (Å²) < 4.78 is 5.28. The van der Waals surface area contributed by atoms with Crippen molar-refractivity contribution < 1.29 is 19.5 Å². The lowest BCUT2D eigenvalue weighted by Crippen LogP contribution is -2.36. The maximum Gasteiger partial charge on any atom is 0.294 e. The fourth-order valence-electron chi connectivity index (χ4n) is 1.18. The van der Waals surface area contributed by atoms with Crippen LogP contribution in [0.2, 0.25) is 0 Å². The molecule has 0 aromatic carbocycles. The fourth-order valence-corrected chi connectivity index (χ4v) is 1.18. The summed E-state index contributed by atoms with van der Waals surface area (Å²) in [4.78, 5) is 25.7. The first-order valence-electron chi connectivity index (χ1n) is 6.47. The van der Waals surface area contributed by atoms with Gasteiger partial charge in [-0.05, 0) is 12.8 Å². The van der Waals surface area contributed by atoms with Crippen LogP contribution >= 0.6 is 0 Å². The van der Waals surface area contributed by atoms with E-state index < -0.39 is 5.09 Å². The Morgan fingerprint density at radius 3 is 2.42 bits per heavy atom. The van der Waals surface area contributed by atoms with Crippen LogP contribution in [0.15, 0.2) is 0 Å². The van der Waals surface area contributed by atoms with Crippen LogP contribution in [-0.4, -0.2) is 36.9 Å². The summed E-state index contributed by atoms with van der Waals surface area (Å²) in [5.74, 6) is 0.266. The van der Waals surface area contributed by atoms with E-state index in [0.29, 0.717) is 25.6 Å². The molecule has 1 amide bonds. The van der Waals surface area contributed by atoms with Gasteiger partial charge in [-0.2, -0.15) is 0 Å². The average molecular weight is 276 g/mol. The molecule has 1 N–H and O–H groups in total. The monoisotopic (exact) mass is 276 g/mol. The summed E-state index contributed by atoms with van der Waals surface area (Å²) in [6.07, 6.45) is 0.292. The van der Waals surface area contributed by atoms with Gasteiger partial charge < -0.3 is 14.9 Å². The molecule has 0 spiro atoms. The van der Waals surface area contributed by atoms with Crippen LogP contribution in [-0.2, 0) is 14.4 Å². The van der Waals surface area contributed by atoms with Crippen LogP contribution in [0.1, 0.15) is 34.1 Å². The molecule has 112 valence electrons. The molecule has 0 heterocycles. The van der Waals surface area contributed by atoms with Crippen LogP contribution in [0.3, 0.4) is 0 Å². The van der Waals surface area contributed by atoms with Gasteiger partial charge in [0.1, 0.15) is 6.61 Å². The topological polar surface area (TPSA) is 90.7 Å². The van der Waals surface area contributed by atoms with Crippen molar-refractivity contribution in [3.63, 3.8) is 0 Å². The highest BCUT2D eigenvalue weighted by Crippen LogP contribution is 2.01. The Labute approximate surface area is 113 Å². The van der Waals surface area contributed by atoms with E-state index in [9.17, 15) is 14.9 Å². The highest BCUT2D eigenvalue weighted by molar-refractivity contribution is 5.76. The SMILES string of the molecule is CC(COCCC(=O)NC(C)C(C)C)CO[N+](=O)[O-]. The van der Waals surface area contributed by atoms with Crippen molar-refractivity contribution in [2.75, 3.05) is 19.8 Å². The van der Waals surface area contributed by atoms with Crippen LogP contribution in [0.25, 0.3) is 0 Å². The van der Waals surface area contributed by atoms with E-state index in [0.717, 1.165) is 0 Å². The van der Waals surface area contributed by atoms with Crippen LogP contribution < -0.4 is 5.32 Å². The molecule has 0 aromatic heterocycles. The smallest absolute Gasteiger partial charge is 0.294 e. The number of hydrogen-bond acceptors (Lipinski definition) is 5. The molecule has 0 aliphatic carbocycles. The largest absolute Gasteiger partial charge is 0.381 e. The number of nitrogens with one attached hydrogen (secondary N) is 1. The second kappa shape index (κ2) is 9.55. The summed E-state index contributed by atoms with van der Waals surface area (Å²) >= 11 is 0. The van der Waals surface area contributed by atoms with Gasteiger partial charge in [-0.15, -0.1) is 10.1 Å². The average Bonchev–Trinajstić information content (AvgIpc) is 2.31. The van der Waals surface area contributed by atoms with Crippen molar-refractivity contribution in [3.8, 4) is 0 Å². The fraction of sp³-hybridized carbons (Fsp3) is 0.917. The first-order chi connectivity index (χ1) is 8.82. The lowest BCUT2D eigenvalue weighted by molar-refractivity contribution is -0.759. The van der Waals surface area contributed by atoms with Crippen molar-refractivity contribution in [1.29, 1.82) is 0 Å². The normalized spacial score (nSPS) is 13.9. The first kappa shape index (κ1) is 17.6. The van der Waals surface area contributed by atoms with E-state index in [2.05, 4.69) is 10.2 Å². The van der Waals surface area contributed by atoms with Gasteiger partial charge in [0.05, 0.1) is 13.2 Å². The van der Waals surface area contributed by atoms with Gasteiger partial charge in [-0.3, -0.25) is 4.79 Å². The number of carbonyl (C=O) groups is 1. The highest BCUT2D eigenvalue weighted by atomic mass is 16.9. The number of nitrogens with zero attached hydrogens (tertiary/aromatic N) is 1. The van der Waals surface area contributed by atoms with Gasteiger partial charge in [0.25, 0.3) is 5.09 Å². The highest BCUT2D eigenvalue weighted by Gasteiger charge is 2.11. The Balaban J connectivity index is 3.58. The molecule has 0 saturated heterocycles. The zero-order valence-electron chi connectivity index (χ0n) is 12.0. The van der Waals surface area contributed by atoms with E-state index in [1.54, 1.807) is 6.92 Å². The summed E-state index contributed by atoms with van der Waals surface area (Å²) in [6, 6.07) is 0.139. The van der Waals surface area contributed by atoms with E-state index in [4.69, 9.17) is 4.74 Å². The van der Waals surface area contributed by atoms with E-state index in [1.165, 1.54) is 0 Å². The molecular weight excluding hydrogens is 252 g/mol. The molecule has 0 radical (unpaired) electrons. The Kier molecular flexibility index (Phi) is 8.86.